The highest BCUT2D eigenvalue weighted by molar-refractivity contribution is 5.91. The quantitative estimate of drug-likeness (QED) is 0.550. The molecule has 1 aromatic rings. The van der Waals surface area contributed by atoms with Gasteiger partial charge in [0.15, 0.2) is 0 Å². The minimum atomic E-state index is -0.0854. The molecule has 0 atom stereocenters. The molecular formula is C20H32N2O3. The molecule has 1 aliphatic carbocycles. The highest BCUT2D eigenvalue weighted by Gasteiger charge is 2.19. The van der Waals surface area contributed by atoms with E-state index in [4.69, 9.17) is 9.47 Å². The lowest BCUT2D eigenvalue weighted by atomic mass is 9.95. The lowest BCUT2D eigenvalue weighted by Gasteiger charge is -2.26. The topological polar surface area (TPSA) is 52.5 Å². The molecule has 0 unspecified atom stereocenters. The summed E-state index contributed by atoms with van der Waals surface area (Å²) in [6.07, 6.45) is 10.1. The summed E-state index contributed by atoms with van der Waals surface area (Å²) in [5.41, 5.74) is 3.68. The van der Waals surface area contributed by atoms with E-state index in [9.17, 15) is 4.79 Å². The number of amides is 1. The molecule has 0 bridgehead atoms. The van der Waals surface area contributed by atoms with Crippen LogP contribution in [0.3, 0.4) is 0 Å². The van der Waals surface area contributed by atoms with E-state index in [2.05, 4.69) is 29.8 Å². The van der Waals surface area contributed by atoms with Crippen LogP contribution >= 0.6 is 0 Å². The Labute approximate surface area is 151 Å². The van der Waals surface area contributed by atoms with Crippen LogP contribution in [0.1, 0.15) is 55.1 Å². The van der Waals surface area contributed by atoms with Crippen LogP contribution in [0.4, 0.5) is 0 Å². The SMILES string of the molecule is COCCOCCNC(=O)C=Cc1cc(C)n(C2CCCCC2)c1C. The van der Waals surface area contributed by atoms with Crippen molar-refractivity contribution in [3.63, 3.8) is 0 Å². The summed E-state index contributed by atoms with van der Waals surface area (Å²) in [7, 11) is 1.64. The second kappa shape index (κ2) is 10.4. The third-order valence-corrected chi connectivity index (χ3v) is 4.86. The van der Waals surface area contributed by atoms with Crippen molar-refractivity contribution in [3.8, 4) is 0 Å². The zero-order chi connectivity index (χ0) is 18.1. The van der Waals surface area contributed by atoms with Crippen molar-refractivity contribution in [3.05, 3.63) is 29.1 Å². The number of methoxy groups -OCH3 is 1. The van der Waals surface area contributed by atoms with Gasteiger partial charge >= 0.3 is 0 Å². The molecule has 0 aliphatic heterocycles. The molecule has 0 aromatic carbocycles. The van der Waals surface area contributed by atoms with Crippen LogP contribution in [0, 0.1) is 13.8 Å². The van der Waals surface area contributed by atoms with Crippen LogP contribution in [-0.4, -0.2) is 43.9 Å². The van der Waals surface area contributed by atoms with E-state index in [-0.39, 0.29) is 5.91 Å². The molecule has 5 heteroatoms. The Morgan fingerprint density at radius 2 is 2.00 bits per heavy atom. The molecule has 0 saturated heterocycles. The molecule has 0 radical (unpaired) electrons. The maximum atomic E-state index is 11.9. The van der Waals surface area contributed by atoms with Gasteiger partial charge in [0.2, 0.25) is 5.91 Å². The molecule has 5 nitrogen and oxygen atoms in total. The number of carbonyl (C=O) groups is 1. The molecule has 1 heterocycles. The smallest absolute Gasteiger partial charge is 0.244 e. The Morgan fingerprint density at radius 1 is 1.24 bits per heavy atom. The minimum absolute atomic E-state index is 0.0854. The van der Waals surface area contributed by atoms with Crippen molar-refractivity contribution in [2.75, 3.05) is 33.5 Å². The first-order chi connectivity index (χ1) is 12.1. The lowest BCUT2D eigenvalue weighted by Crippen LogP contribution is -2.25. The average molecular weight is 348 g/mol. The number of aryl methyl sites for hydroxylation is 1. The molecule has 1 saturated carbocycles. The van der Waals surface area contributed by atoms with Crippen LogP contribution in [-0.2, 0) is 14.3 Å². The maximum absolute atomic E-state index is 11.9. The summed E-state index contributed by atoms with van der Waals surface area (Å²) in [4.78, 5) is 11.9. The third kappa shape index (κ3) is 6.01. The largest absolute Gasteiger partial charge is 0.382 e. The van der Waals surface area contributed by atoms with Gasteiger partial charge < -0.3 is 19.4 Å². The Bertz CT molecular complexity index is 572. The molecule has 1 amide bonds. The van der Waals surface area contributed by atoms with Crippen LogP contribution in [0.2, 0.25) is 0 Å². The lowest BCUT2D eigenvalue weighted by molar-refractivity contribution is -0.116. The van der Waals surface area contributed by atoms with E-state index < -0.39 is 0 Å². The number of rotatable bonds is 9. The summed E-state index contributed by atoms with van der Waals surface area (Å²) in [5, 5.41) is 2.84. The monoisotopic (exact) mass is 348 g/mol. The standard InChI is InChI=1S/C20H32N2O3/c1-16-15-18(17(2)22(16)19-7-5-4-6-8-19)9-10-20(23)21-11-12-25-14-13-24-3/h9-10,15,19H,4-8,11-14H2,1-3H3,(H,21,23). The molecule has 25 heavy (non-hydrogen) atoms. The summed E-state index contributed by atoms with van der Waals surface area (Å²) in [6, 6.07) is 2.80. The fourth-order valence-electron chi connectivity index (χ4n) is 3.59. The number of nitrogens with zero attached hydrogens (tertiary/aromatic N) is 1. The van der Waals surface area contributed by atoms with Gasteiger partial charge in [0, 0.05) is 37.2 Å². The second-order valence-electron chi connectivity index (χ2n) is 6.72. The molecule has 1 aromatic heterocycles. The van der Waals surface area contributed by atoms with Gasteiger partial charge in [-0.15, -0.1) is 0 Å². The number of nitrogens with one attached hydrogen (secondary N) is 1. The first-order valence-electron chi connectivity index (χ1n) is 9.34. The Morgan fingerprint density at radius 3 is 2.72 bits per heavy atom. The van der Waals surface area contributed by atoms with E-state index in [1.165, 1.54) is 43.5 Å². The Hall–Kier alpha value is -1.59. The summed E-state index contributed by atoms with van der Waals surface area (Å²) < 4.78 is 12.7. The van der Waals surface area contributed by atoms with Crippen LogP contribution in [0.25, 0.3) is 6.08 Å². The minimum Gasteiger partial charge on any atom is -0.382 e. The fourth-order valence-corrected chi connectivity index (χ4v) is 3.59. The summed E-state index contributed by atoms with van der Waals surface area (Å²) in [5.74, 6) is -0.0854. The predicted molar refractivity (Wildman–Crippen MR) is 101 cm³/mol. The van der Waals surface area contributed by atoms with Crippen LogP contribution in [0.5, 0.6) is 0 Å². The number of aromatic nitrogens is 1. The molecule has 140 valence electrons. The van der Waals surface area contributed by atoms with Gasteiger partial charge in [0.1, 0.15) is 0 Å². The van der Waals surface area contributed by atoms with E-state index in [1.807, 2.05) is 6.08 Å². The van der Waals surface area contributed by atoms with Crippen LogP contribution in [0.15, 0.2) is 12.1 Å². The van der Waals surface area contributed by atoms with E-state index in [0.29, 0.717) is 32.4 Å². The van der Waals surface area contributed by atoms with Gasteiger partial charge in [-0.05, 0) is 44.4 Å². The maximum Gasteiger partial charge on any atom is 0.244 e. The molecular weight excluding hydrogens is 316 g/mol. The molecule has 1 N–H and O–H groups in total. The second-order valence-corrected chi connectivity index (χ2v) is 6.72. The van der Waals surface area contributed by atoms with Gasteiger partial charge in [0.05, 0.1) is 19.8 Å². The molecule has 0 spiro atoms. The average Bonchev–Trinajstić information content (AvgIpc) is 2.90. The highest BCUT2D eigenvalue weighted by Crippen LogP contribution is 2.32. The zero-order valence-corrected chi connectivity index (χ0v) is 15.8. The highest BCUT2D eigenvalue weighted by atomic mass is 16.5. The Kier molecular flexibility index (Phi) is 8.22. The van der Waals surface area contributed by atoms with Crippen molar-refractivity contribution < 1.29 is 14.3 Å². The van der Waals surface area contributed by atoms with Gasteiger partial charge in [-0.3, -0.25) is 4.79 Å². The van der Waals surface area contributed by atoms with Crippen molar-refractivity contribution in [1.29, 1.82) is 0 Å². The molecule has 2 rings (SSSR count). The molecule has 1 aliphatic rings. The normalized spacial score (nSPS) is 15.8. The van der Waals surface area contributed by atoms with Gasteiger partial charge in [-0.2, -0.15) is 0 Å². The van der Waals surface area contributed by atoms with Crippen molar-refractivity contribution in [1.82, 2.24) is 9.88 Å². The zero-order valence-electron chi connectivity index (χ0n) is 15.8. The van der Waals surface area contributed by atoms with Gasteiger partial charge in [-0.1, -0.05) is 19.3 Å². The van der Waals surface area contributed by atoms with Crippen molar-refractivity contribution >= 4 is 12.0 Å². The number of hydrogen-bond acceptors (Lipinski definition) is 3. The third-order valence-electron chi connectivity index (χ3n) is 4.86. The van der Waals surface area contributed by atoms with E-state index in [1.54, 1.807) is 13.2 Å². The van der Waals surface area contributed by atoms with Crippen molar-refractivity contribution in [2.24, 2.45) is 0 Å². The number of hydrogen-bond donors (Lipinski definition) is 1. The molecule has 1 fully saturated rings. The van der Waals surface area contributed by atoms with E-state index >= 15 is 0 Å². The van der Waals surface area contributed by atoms with Crippen LogP contribution < -0.4 is 5.32 Å². The van der Waals surface area contributed by atoms with Crippen molar-refractivity contribution in [2.45, 2.75) is 52.0 Å². The Balaban J connectivity index is 1.85. The predicted octanol–water partition coefficient (Wildman–Crippen LogP) is 3.40. The van der Waals surface area contributed by atoms with E-state index in [0.717, 1.165) is 5.56 Å². The fraction of sp³-hybridized carbons (Fsp3) is 0.650. The van der Waals surface area contributed by atoms with Gasteiger partial charge in [-0.25, -0.2) is 0 Å². The first kappa shape index (κ1) is 19.7. The number of ether oxygens (including phenoxy) is 2. The summed E-state index contributed by atoms with van der Waals surface area (Å²) >= 11 is 0. The first-order valence-corrected chi connectivity index (χ1v) is 9.34. The summed E-state index contributed by atoms with van der Waals surface area (Å²) in [6.45, 7) is 6.45. The van der Waals surface area contributed by atoms with Gasteiger partial charge in [0.25, 0.3) is 0 Å². The number of carbonyl (C=O) groups excluding carboxylic acids is 1.